The lowest BCUT2D eigenvalue weighted by atomic mass is 9.96. The number of aliphatic imine (C=N–C) groups is 1. The molecule has 0 atom stereocenters. The maximum absolute atomic E-state index is 11.1. The van der Waals surface area contributed by atoms with E-state index in [1.807, 2.05) is 0 Å². The van der Waals surface area contributed by atoms with Gasteiger partial charge in [0.15, 0.2) is 5.96 Å². The summed E-state index contributed by atoms with van der Waals surface area (Å²) >= 11 is 3.56. The Morgan fingerprint density at radius 3 is 2.72 bits per heavy atom. The molecule has 5 nitrogen and oxygen atoms in total. The predicted octanol–water partition coefficient (Wildman–Crippen LogP) is 3.38. The number of esters is 1. The first-order valence-corrected chi connectivity index (χ1v) is 9.66. The van der Waals surface area contributed by atoms with Crippen molar-refractivity contribution in [2.75, 3.05) is 27.2 Å². The lowest BCUT2D eigenvalue weighted by Gasteiger charge is -2.19. The van der Waals surface area contributed by atoms with E-state index in [1.165, 1.54) is 25.5 Å². The molecule has 0 spiro atoms. The van der Waals surface area contributed by atoms with Gasteiger partial charge in [0.05, 0.1) is 7.11 Å². The van der Waals surface area contributed by atoms with Crippen LogP contribution in [0, 0.1) is 0 Å². The van der Waals surface area contributed by atoms with Crippen molar-refractivity contribution in [2.45, 2.75) is 43.9 Å². The number of guanidine groups is 1. The second-order valence-electron chi connectivity index (χ2n) is 6.53. The number of hydrogen-bond donors (Lipinski definition) is 2. The molecule has 2 rings (SSSR count). The molecule has 1 fully saturated rings. The first-order valence-electron chi connectivity index (χ1n) is 8.87. The first kappa shape index (κ1) is 19.8. The number of nitrogens with zero attached hydrogens (tertiary/aromatic N) is 1. The Labute approximate surface area is 158 Å². The van der Waals surface area contributed by atoms with Gasteiger partial charge in [-0.3, -0.25) is 9.79 Å². The van der Waals surface area contributed by atoms with E-state index in [-0.39, 0.29) is 11.4 Å². The molecule has 1 aromatic rings. The van der Waals surface area contributed by atoms with Crippen molar-refractivity contribution in [3.8, 4) is 0 Å². The molecule has 0 heterocycles. The van der Waals surface area contributed by atoms with Crippen molar-refractivity contribution < 1.29 is 9.53 Å². The average molecular weight is 410 g/mol. The van der Waals surface area contributed by atoms with Gasteiger partial charge in [-0.25, -0.2) is 0 Å². The van der Waals surface area contributed by atoms with Gasteiger partial charge in [-0.05, 0) is 43.4 Å². The average Bonchev–Trinajstić information content (AvgIpc) is 3.41. The maximum atomic E-state index is 11.1. The normalized spacial score (nSPS) is 15.6. The Kier molecular flexibility index (Phi) is 7.75. The molecule has 0 aromatic heterocycles. The number of halogens is 1. The third kappa shape index (κ3) is 6.34. The smallest absolute Gasteiger partial charge is 0.305 e. The highest BCUT2D eigenvalue weighted by Gasteiger charge is 2.44. The van der Waals surface area contributed by atoms with Crippen LogP contribution in [0.1, 0.15) is 44.1 Å². The van der Waals surface area contributed by atoms with Crippen molar-refractivity contribution in [1.82, 2.24) is 10.6 Å². The molecule has 138 valence electrons. The van der Waals surface area contributed by atoms with Crippen molar-refractivity contribution in [2.24, 2.45) is 4.99 Å². The molecule has 0 amide bonds. The van der Waals surface area contributed by atoms with Gasteiger partial charge in [-0.2, -0.15) is 0 Å². The van der Waals surface area contributed by atoms with Crippen molar-refractivity contribution in [3.05, 3.63) is 34.3 Å². The molecule has 0 aliphatic heterocycles. The highest BCUT2D eigenvalue weighted by atomic mass is 79.9. The third-order valence-electron chi connectivity index (χ3n) is 4.69. The van der Waals surface area contributed by atoms with Gasteiger partial charge in [0.1, 0.15) is 0 Å². The lowest BCUT2D eigenvalue weighted by molar-refractivity contribution is -0.140. The van der Waals surface area contributed by atoms with E-state index < -0.39 is 0 Å². The molecule has 0 saturated heterocycles. The summed E-state index contributed by atoms with van der Waals surface area (Å²) in [5, 5.41) is 6.81. The van der Waals surface area contributed by atoms with Crippen LogP contribution in [-0.4, -0.2) is 39.2 Å². The number of carbonyl (C=O) groups excluding carboxylic acids is 1. The number of unbranched alkanes of at least 4 members (excludes halogenated alkanes) is 2. The van der Waals surface area contributed by atoms with Gasteiger partial charge in [0, 0.05) is 36.4 Å². The molecule has 1 saturated carbocycles. The SMILES string of the molecule is CN=C(NCCCCCC(=O)OC)NCC1(c2cccc(Br)c2)CC1. The molecule has 0 unspecified atom stereocenters. The molecule has 1 aliphatic rings. The fraction of sp³-hybridized carbons (Fsp3) is 0.579. The van der Waals surface area contributed by atoms with E-state index in [1.54, 1.807) is 7.05 Å². The summed E-state index contributed by atoms with van der Waals surface area (Å²) < 4.78 is 5.77. The summed E-state index contributed by atoms with van der Waals surface area (Å²) in [5.41, 5.74) is 1.62. The second-order valence-corrected chi connectivity index (χ2v) is 7.45. The number of carbonyl (C=O) groups is 1. The summed E-state index contributed by atoms with van der Waals surface area (Å²) in [6.07, 6.45) is 5.79. The summed E-state index contributed by atoms with van der Waals surface area (Å²) in [6, 6.07) is 8.58. The van der Waals surface area contributed by atoms with Crippen LogP contribution in [0.2, 0.25) is 0 Å². The van der Waals surface area contributed by atoms with Gasteiger partial charge in [0.25, 0.3) is 0 Å². The van der Waals surface area contributed by atoms with Crippen molar-refractivity contribution in [3.63, 3.8) is 0 Å². The number of benzene rings is 1. The zero-order valence-corrected chi connectivity index (χ0v) is 16.7. The standard InChI is InChI=1S/C19H28BrN3O2/c1-21-18(22-12-5-3-4-9-17(24)25-2)23-14-19(10-11-19)15-7-6-8-16(20)13-15/h6-8,13H,3-5,9-12,14H2,1-2H3,(H2,21,22,23). The van der Waals surface area contributed by atoms with Gasteiger partial charge >= 0.3 is 5.97 Å². The van der Waals surface area contributed by atoms with Crippen LogP contribution in [0.4, 0.5) is 0 Å². The van der Waals surface area contributed by atoms with Crippen LogP contribution < -0.4 is 10.6 Å². The van der Waals surface area contributed by atoms with Gasteiger partial charge in [-0.15, -0.1) is 0 Å². The highest BCUT2D eigenvalue weighted by Crippen LogP contribution is 2.48. The molecule has 6 heteroatoms. The van der Waals surface area contributed by atoms with Crippen LogP contribution in [0.25, 0.3) is 0 Å². The fourth-order valence-corrected chi connectivity index (χ4v) is 3.29. The predicted molar refractivity (Wildman–Crippen MR) is 105 cm³/mol. The molecular weight excluding hydrogens is 382 g/mol. The fourth-order valence-electron chi connectivity index (χ4n) is 2.89. The molecule has 2 N–H and O–H groups in total. The minimum absolute atomic E-state index is 0.132. The molecule has 25 heavy (non-hydrogen) atoms. The Bertz CT molecular complexity index is 600. The monoisotopic (exact) mass is 409 g/mol. The number of rotatable bonds is 9. The topological polar surface area (TPSA) is 62.7 Å². The van der Waals surface area contributed by atoms with Crippen LogP contribution in [0.3, 0.4) is 0 Å². The molecule has 0 bridgehead atoms. The summed E-state index contributed by atoms with van der Waals surface area (Å²) in [5.74, 6) is 0.710. The Hall–Kier alpha value is -1.56. The van der Waals surface area contributed by atoms with E-state index in [4.69, 9.17) is 0 Å². The van der Waals surface area contributed by atoms with Crippen LogP contribution in [0.5, 0.6) is 0 Å². The summed E-state index contributed by atoms with van der Waals surface area (Å²) in [4.78, 5) is 15.4. The van der Waals surface area contributed by atoms with Crippen molar-refractivity contribution >= 4 is 27.9 Å². The quantitative estimate of drug-likeness (QED) is 0.284. The van der Waals surface area contributed by atoms with Gasteiger partial charge < -0.3 is 15.4 Å². The number of ether oxygens (including phenoxy) is 1. The molecular formula is C19H28BrN3O2. The van der Waals surface area contributed by atoms with E-state index in [0.29, 0.717) is 6.42 Å². The second kappa shape index (κ2) is 9.80. The van der Waals surface area contributed by atoms with E-state index >= 15 is 0 Å². The molecule has 1 aromatic carbocycles. The Balaban J connectivity index is 1.68. The van der Waals surface area contributed by atoms with E-state index in [9.17, 15) is 4.79 Å². The third-order valence-corrected chi connectivity index (χ3v) is 5.18. The van der Waals surface area contributed by atoms with Gasteiger partial charge in [-0.1, -0.05) is 34.5 Å². The number of methoxy groups -OCH3 is 1. The minimum Gasteiger partial charge on any atom is -0.469 e. The zero-order valence-electron chi connectivity index (χ0n) is 15.1. The largest absolute Gasteiger partial charge is 0.469 e. The van der Waals surface area contributed by atoms with Crippen LogP contribution >= 0.6 is 15.9 Å². The highest BCUT2D eigenvalue weighted by molar-refractivity contribution is 9.10. The van der Waals surface area contributed by atoms with Gasteiger partial charge in [0.2, 0.25) is 0 Å². The molecule has 0 radical (unpaired) electrons. The van der Waals surface area contributed by atoms with Crippen molar-refractivity contribution in [1.29, 1.82) is 0 Å². The summed E-state index contributed by atoms with van der Waals surface area (Å²) in [7, 11) is 3.23. The van der Waals surface area contributed by atoms with Crippen LogP contribution in [0.15, 0.2) is 33.7 Å². The number of nitrogens with one attached hydrogen (secondary N) is 2. The van der Waals surface area contributed by atoms with E-state index in [0.717, 1.165) is 42.8 Å². The Morgan fingerprint density at radius 2 is 2.08 bits per heavy atom. The lowest BCUT2D eigenvalue weighted by Crippen LogP contribution is -2.41. The Morgan fingerprint density at radius 1 is 1.28 bits per heavy atom. The van der Waals surface area contributed by atoms with E-state index in [2.05, 4.69) is 60.6 Å². The molecule has 1 aliphatic carbocycles. The van der Waals surface area contributed by atoms with Crippen LogP contribution in [-0.2, 0) is 14.9 Å². The minimum atomic E-state index is -0.132. The maximum Gasteiger partial charge on any atom is 0.305 e. The zero-order chi connectivity index (χ0) is 18.1. The number of hydrogen-bond acceptors (Lipinski definition) is 3. The first-order chi connectivity index (χ1) is 12.1. The summed E-state index contributed by atoms with van der Waals surface area (Å²) in [6.45, 7) is 1.75.